The highest BCUT2D eigenvalue weighted by Gasteiger charge is 2.00. The number of phenolic OH excluding ortho intramolecular Hbond substituents is 3. The molecule has 3 aromatic carbocycles. The van der Waals surface area contributed by atoms with Gasteiger partial charge in [0.15, 0.2) is 11.5 Å². The third kappa shape index (κ3) is 4.01. The second-order valence-corrected chi connectivity index (χ2v) is 4.37. The summed E-state index contributed by atoms with van der Waals surface area (Å²) < 4.78 is 0. The molecule has 3 rings (SSSR count). The van der Waals surface area contributed by atoms with Crippen molar-refractivity contribution in [1.82, 2.24) is 0 Å². The van der Waals surface area contributed by atoms with E-state index in [1.807, 2.05) is 48.5 Å². The molecule has 0 unspecified atom stereocenters. The van der Waals surface area contributed by atoms with Crippen LogP contribution in [-0.4, -0.2) is 15.3 Å². The van der Waals surface area contributed by atoms with Crippen molar-refractivity contribution < 1.29 is 15.3 Å². The van der Waals surface area contributed by atoms with Gasteiger partial charge in [0.1, 0.15) is 5.75 Å². The average molecular weight is 280 g/mol. The first-order chi connectivity index (χ1) is 10.2. The molecule has 106 valence electrons. The number of benzene rings is 3. The van der Waals surface area contributed by atoms with Crippen molar-refractivity contribution in [2.75, 3.05) is 0 Å². The predicted octanol–water partition coefficient (Wildman–Crippen LogP) is 4.16. The lowest BCUT2D eigenvalue weighted by molar-refractivity contribution is 0.404. The minimum absolute atomic E-state index is 0.0764. The van der Waals surface area contributed by atoms with Gasteiger partial charge in [-0.25, -0.2) is 0 Å². The summed E-state index contributed by atoms with van der Waals surface area (Å²) in [6.07, 6.45) is 0. The lowest BCUT2D eigenvalue weighted by Crippen LogP contribution is -1.76. The van der Waals surface area contributed by atoms with Crippen LogP contribution in [0.5, 0.6) is 17.2 Å². The molecule has 0 atom stereocenters. The third-order valence-corrected chi connectivity index (χ3v) is 2.87. The minimum Gasteiger partial charge on any atom is -0.507 e. The zero-order chi connectivity index (χ0) is 15.1. The molecule has 0 saturated carbocycles. The molecule has 21 heavy (non-hydrogen) atoms. The van der Waals surface area contributed by atoms with Crippen molar-refractivity contribution in [3.63, 3.8) is 0 Å². The quantitative estimate of drug-likeness (QED) is 0.587. The SMILES string of the molecule is Oc1ccccc1-c1ccccc1.Oc1ccccc1O. The largest absolute Gasteiger partial charge is 0.507 e. The zero-order valence-corrected chi connectivity index (χ0v) is 11.3. The molecule has 0 fully saturated rings. The van der Waals surface area contributed by atoms with Gasteiger partial charge in [0.25, 0.3) is 0 Å². The molecule has 3 heteroatoms. The van der Waals surface area contributed by atoms with Gasteiger partial charge in [-0.15, -0.1) is 0 Å². The molecular formula is C18H16O3. The molecule has 0 heterocycles. The van der Waals surface area contributed by atoms with Gasteiger partial charge in [-0.05, 0) is 23.8 Å². The second kappa shape index (κ2) is 7.01. The summed E-state index contributed by atoms with van der Waals surface area (Å²) in [6.45, 7) is 0. The Balaban J connectivity index is 0.000000173. The zero-order valence-electron chi connectivity index (χ0n) is 11.3. The van der Waals surface area contributed by atoms with E-state index in [1.165, 1.54) is 12.1 Å². The van der Waals surface area contributed by atoms with Crippen LogP contribution >= 0.6 is 0 Å². The molecule has 0 spiro atoms. The van der Waals surface area contributed by atoms with E-state index >= 15 is 0 Å². The van der Waals surface area contributed by atoms with Crippen molar-refractivity contribution in [3.05, 3.63) is 78.9 Å². The van der Waals surface area contributed by atoms with Crippen LogP contribution < -0.4 is 0 Å². The number of phenols is 3. The van der Waals surface area contributed by atoms with Crippen molar-refractivity contribution in [2.45, 2.75) is 0 Å². The van der Waals surface area contributed by atoms with Crippen LogP contribution in [0.15, 0.2) is 78.9 Å². The molecule has 3 N–H and O–H groups in total. The lowest BCUT2D eigenvalue weighted by Gasteiger charge is -2.02. The van der Waals surface area contributed by atoms with E-state index in [0.29, 0.717) is 5.75 Å². The number of aromatic hydroxyl groups is 3. The van der Waals surface area contributed by atoms with Gasteiger partial charge >= 0.3 is 0 Å². The Bertz CT molecular complexity index is 673. The molecule has 0 aliphatic carbocycles. The van der Waals surface area contributed by atoms with E-state index in [1.54, 1.807) is 18.2 Å². The van der Waals surface area contributed by atoms with E-state index in [0.717, 1.165) is 11.1 Å². The topological polar surface area (TPSA) is 60.7 Å². The number of hydrogen-bond donors (Lipinski definition) is 3. The highest BCUT2D eigenvalue weighted by atomic mass is 16.3. The third-order valence-electron chi connectivity index (χ3n) is 2.87. The Kier molecular flexibility index (Phi) is 4.83. The molecule has 3 nitrogen and oxygen atoms in total. The van der Waals surface area contributed by atoms with E-state index < -0.39 is 0 Å². The molecule has 0 amide bonds. The summed E-state index contributed by atoms with van der Waals surface area (Å²) in [5.74, 6) is 0.175. The molecule has 0 bridgehead atoms. The number of para-hydroxylation sites is 3. The Hall–Kier alpha value is -2.94. The Morgan fingerprint density at radius 3 is 1.33 bits per heavy atom. The molecule has 0 aromatic heterocycles. The van der Waals surface area contributed by atoms with Crippen LogP contribution in [0.3, 0.4) is 0 Å². The highest BCUT2D eigenvalue weighted by Crippen LogP contribution is 2.27. The van der Waals surface area contributed by atoms with Gasteiger partial charge in [0.2, 0.25) is 0 Å². The number of rotatable bonds is 1. The van der Waals surface area contributed by atoms with E-state index in [9.17, 15) is 5.11 Å². The first-order valence-electron chi connectivity index (χ1n) is 6.49. The maximum atomic E-state index is 9.56. The van der Waals surface area contributed by atoms with Gasteiger partial charge in [0, 0.05) is 5.56 Å². The van der Waals surface area contributed by atoms with Crippen LogP contribution in [0.25, 0.3) is 11.1 Å². The fraction of sp³-hybridized carbons (Fsp3) is 0. The molecule has 0 saturated heterocycles. The maximum absolute atomic E-state index is 9.56. The highest BCUT2D eigenvalue weighted by molar-refractivity contribution is 5.69. The fourth-order valence-corrected chi connectivity index (χ4v) is 1.80. The van der Waals surface area contributed by atoms with Crippen molar-refractivity contribution >= 4 is 0 Å². The first-order valence-corrected chi connectivity index (χ1v) is 6.49. The van der Waals surface area contributed by atoms with E-state index in [-0.39, 0.29) is 11.5 Å². The number of hydrogen-bond acceptors (Lipinski definition) is 3. The second-order valence-electron chi connectivity index (χ2n) is 4.37. The predicted molar refractivity (Wildman–Crippen MR) is 83.3 cm³/mol. The van der Waals surface area contributed by atoms with Gasteiger partial charge < -0.3 is 15.3 Å². The lowest BCUT2D eigenvalue weighted by atomic mass is 10.1. The molecular weight excluding hydrogens is 264 g/mol. The summed E-state index contributed by atoms with van der Waals surface area (Å²) in [7, 11) is 0. The molecule has 0 aliphatic heterocycles. The molecule has 3 aromatic rings. The summed E-state index contributed by atoms with van der Waals surface area (Å²) >= 11 is 0. The van der Waals surface area contributed by atoms with Crippen LogP contribution in [0, 0.1) is 0 Å². The van der Waals surface area contributed by atoms with E-state index in [2.05, 4.69) is 0 Å². The van der Waals surface area contributed by atoms with E-state index in [4.69, 9.17) is 10.2 Å². The average Bonchev–Trinajstić information content (AvgIpc) is 2.52. The van der Waals surface area contributed by atoms with Gasteiger partial charge in [-0.1, -0.05) is 60.7 Å². The van der Waals surface area contributed by atoms with Crippen molar-refractivity contribution in [1.29, 1.82) is 0 Å². The van der Waals surface area contributed by atoms with Gasteiger partial charge in [-0.2, -0.15) is 0 Å². The molecule has 0 radical (unpaired) electrons. The maximum Gasteiger partial charge on any atom is 0.157 e. The van der Waals surface area contributed by atoms with Gasteiger partial charge in [-0.3, -0.25) is 0 Å². The Labute approximate surface area is 123 Å². The van der Waals surface area contributed by atoms with Crippen LogP contribution in [0.1, 0.15) is 0 Å². The van der Waals surface area contributed by atoms with Gasteiger partial charge in [0.05, 0.1) is 0 Å². The van der Waals surface area contributed by atoms with Crippen LogP contribution in [0.2, 0.25) is 0 Å². The first kappa shape index (κ1) is 14.5. The summed E-state index contributed by atoms with van der Waals surface area (Å²) in [5.41, 5.74) is 1.92. The normalized spacial score (nSPS) is 9.52. The monoisotopic (exact) mass is 280 g/mol. The summed E-state index contributed by atoms with van der Waals surface area (Å²) in [6, 6.07) is 23.3. The molecule has 0 aliphatic rings. The van der Waals surface area contributed by atoms with Crippen molar-refractivity contribution in [2.24, 2.45) is 0 Å². The standard InChI is InChI=1S/C12H10O.C6H6O2/c13-12-9-5-4-8-11(12)10-6-2-1-3-7-10;7-5-3-1-2-4-6(5)8/h1-9,13H;1-4,7-8H. The van der Waals surface area contributed by atoms with Crippen LogP contribution in [-0.2, 0) is 0 Å². The van der Waals surface area contributed by atoms with Crippen LogP contribution in [0.4, 0.5) is 0 Å². The minimum atomic E-state index is -0.0764. The fourth-order valence-electron chi connectivity index (χ4n) is 1.80. The summed E-state index contributed by atoms with van der Waals surface area (Å²) in [4.78, 5) is 0. The summed E-state index contributed by atoms with van der Waals surface area (Å²) in [5, 5.41) is 26.9. The van der Waals surface area contributed by atoms with Crippen molar-refractivity contribution in [3.8, 4) is 28.4 Å². The smallest absolute Gasteiger partial charge is 0.157 e. The Morgan fingerprint density at radius 2 is 0.857 bits per heavy atom. The Morgan fingerprint density at radius 1 is 0.429 bits per heavy atom.